The highest BCUT2D eigenvalue weighted by atomic mass is 16.7. The maximum absolute atomic E-state index is 13.1. The number of rotatable bonds is 1. The Bertz CT molecular complexity index is 793. The molecule has 0 unspecified atom stereocenters. The van der Waals surface area contributed by atoms with Crippen molar-refractivity contribution >= 4 is 11.9 Å². The Labute approximate surface area is 144 Å². The predicted molar refractivity (Wildman–Crippen MR) is 83.8 cm³/mol. The summed E-state index contributed by atoms with van der Waals surface area (Å²) in [5.74, 6) is -2.56. The van der Waals surface area contributed by atoms with E-state index < -0.39 is 17.2 Å². The average molecular weight is 344 g/mol. The van der Waals surface area contributed by atoms with Crippen molar-refractivity contribution < 1.29 is 28.6 Å². The van der Waals surface area contributed by atoms with Crippen LogP contribution in [0.1, 0.15) is 50.7 Å². The first kappa shape index (κ1) is 15.2. The first-order valence-corrected chi connectivity index (χ1v) is 8.88. The van der Waals surface area contributed by atoms with E-state index in [0.29, 0.717) is 24.0 Å². The normalized spacial score (nSPS) is 42.6. The second-order valence-electron chi connectivity index (χ2n) is 7.81. The molecule has 2 aliphatic carbocycles. The third kappa shape index (κ3) is 1.78. The molecule has 2 fully saturated rings. The summed E-state index contributed by atoms with van der Waals surface area (Å²) in [4.78, 5) is 25.3. The van der Waals surface area contributed by atoms with Crippen molar-refractivity contribution in [3.63, 3.8) is 0 Å². The highest BCUT2D eigenvalue weighted by Gasteiger charge is 2.68. The Balaban J connectivity index is 1.62. The van der Waals surface area contributed by atoms with E-state index in [9.17, 15) is 14.7 Å². The fourth-order valence-electron chi connectivity index (χ4n) is 5.57. The summed E-state index contributed by atoms with van der Waals surface area (Å²) in [7, 11) is 0. The average Bonchev–Trinajstić information content (AvgIpc) is 3.25. The molecule has 5 rings (SSSR count). The van der Waals surface area contributed by atoms with E-state index in [-0.39, 0.29) is 30.3 Å². The van der Waals surface area contributed by atoms with Crippen molar-refractivity contribution in [1.29, 1.82) is 0 Å². The van der Waals surface area contributed by atoms with Gasteiger partial charge in [0.2, 0.25) is 5.79 Å². The van der Waals surface area contributed by atoms with E-state index >= 15 is 0 Å². The van der Waals surface area contributed by atoms with Gasteiger partial charge in [0.25, 0.3) is 0 Å². The molecule has 132 valence electrons. The van der Waals surface area contributed by atoms with Gasteiger partial charge in [0, 0.05) is 35.5 Å². The smallest absolute Gasteiger partial charge is 0.336 e. The van der Waals surface area contributed by atoms with Crippen molar-refractivity contribution in [1.82, 2.24) is 0 Å². The van der Waals surface area contributed by atoms with E-state index in [1.807, 2.05) is 13.0 Å². The van der Waals surface area contributed by atoms with E-state index in [1.54, 1.807) is 12.5 Å². The molecule has 0 amide bonds. The molecule has 3 heterocycles. The van der Waals surface area contributed by atoms with Crippen LogP contribution in [0.15, 0.2) is 34.2 Å². The van der Waals surface area contributed by atoms with Crippen LogP contribution in [0.5, 0.6) is 0 Å². The standard InChI is InChI=1S/C19H20O6/c1-10-7-19(22)15-12(16(20)25-19)3-2-4-13(15)18(10)8-14(24-17(18)21)11-5-6-23-9-11/h5-6,9-10,13-14,22H,2-4,7-8H2,1H3/t10-,13-,14-,18-,19-/m0/s1. The number of aliphatic hydroxyl groups is 1. The van der Waals surface area contributed by atoms with Crippen LogP contribution in [0.2, 0.25) is 0 Å². The van der Waals surface area contributed by atoms with E-state index in [2.05, 4.69) is 0 Å². The lowest BCUT2D eigenvalue weighted by molar-refractivity contribution is -0.205. The number of hydrogen-bond donors (Lipinski definition) is 1. The third-order valence-corrected chi connectivity index (χ3v) is 6.67. The van der Waals surface area contributed by atoms with Gasteiger partial charge in [0.1, 0.15) is 6.10 Å². The van der Waals surface area contributed by atoms with Gasteiger partial charge in [-0.05, 0) is 31.2 Å². The molecular formula is C19H20O6. The minimum Gasteiger partial charge on any atom is -0.472 e. The Morgan fingerprint density at radius 1 is 1.28 bits per heavy atom. The maximum atomic E-state index is 13.1. The molecule has 0 radical (unpaired) electrons. The molecule has 1 saturated carbocycles. The minimum absolute atomic E-state index is 0.152. The summed E-state index contributed by atoms with van der Waals surface area (Å²) < 4.78 is 16.2. The van der Waals surface area contributed by atoms with Gasteiger partial charge in [-0.3, -0.25) is 4.79 Å². The number of carbonyl (C=O) groups excluding carboxylic acids is 2. The molecule has 1 aromatic rings. The quantitative estimate of drug-likeness (QED) is 0.788. The summed E-state index contributed by atoms with van der Waals surface area (Å²) in [5, 5.41) is 11.0. The number of furan rings is 1. The Hall–Kier alpha value is -2.08. The SMILES string of the molecule is C[C@H]1C[C@]2(O)OC(=O)C3=C2[C@H](CCC3)[C@]12C[C@@H](c1ccoc1)OC2=O. The van der Waals surface area contributed by atoms with Gasteiger partial charge in [-0.25, -0.2) is 4.79 Å². The summed E-state index contributed by atoms with van der Waals surface area (Å²) in [6.07, 6.45) is 5.79. The van der Waals surface area contributed by atoms with Crippen LogP contribution in [-0.4, -0.2) is 22.8 Å². The van der Waals surface area contributed by atoms with Crippen LogP contribution < -0.4 is 0 Å². The summed E-state index contributed by atoms with van der Waals surface area (Å²) in [6, 6.07) is 1.81. The van der Waals surface area contributed by atoms with Gasteiger partial charge in [0.05, 0.1) is 17.9 Å². The Kier molecular flexibility index (Phi) is 2.89. The number of ether oxygens (including phenoxy) is 2. The zero-order valence-electron chi connectivity index (χ0n) is 14.0. The number of carbonyl (C=O) groups is 2. The van der Waals surface area contributed by atoms with Crippen molar-refractivity contribution in [2.75, 3.05) is 0 Å². The lowest BCUT2D eigenvalue weighted by atomic mass is 9.53. The predicted octanol–water partition coefficient (Wildman–Crippen LogP) is 2.64. The molecular weight excluding hydrogens is 324 g/mol. The van der Waals surface area contributed by atoms with Crippen LogP contribution in [0.3, 0.4) is 0 Å². The largest absolute Gasteiger partial charge is 0.472 e. The van der Waals surface area contributed by atoms with E-state index in [1.165, 1.54) is 0 Å². The zero-order chi connectivity index (χ0) is 17.4. The van der Waals surface area contributed by atoms with Crippen molar-refractivity contribution in [2.45, 2.75) is 50.9 Å². The molecule has 6 nitrogen and oxygen atoms in total. The number of cyclic esters (lactones) is 1. The molecule has 2 aliphatic heterocycles. The van der Waals surface area contributed by atoms with Crippen LogP contribution in [-0.2, 0) is 19.1 Å². The lowest BCUT2D eigenvalue weighted by Crippen LogP contribution is -2.54. The third-order valence-electron chi connectivity index (χ3n) is 6.67. The van der Waals surface area contributed by atoms with E-state index in [4.69, 9.17) is 13.9 Å². The number of esters is 2. The molecule has 4 aliphatic rings. The van der Waals surface area contributed by atoms with Crippen LogP contribution >= 0.6 is 0 Å². The van der Waals surface area contributed by atoms with Crippen molar-refractivity contribution in [2.24, 2.45) is 17.3 Å². The summed E-state index contributed by atoms with van der Waals surface area (Å²) in [5.41, 5.74) is 1.35. The lowest BCUT2D eigenvalue weighted by Gasteiger charge is -2.49. The highest BCUT2D eigenvalue weighted by Crippen LogP contribution is 2.64. The van der Waals surface area contributed by atoms with E-state index in [0.717, 1.165) is 18.4 Å². The molecule has 5 atom stereocenters. The molecule has 1 N–H and O–H groups in total. The van der Waals surface area contributed by atoms with Crippen LogP contribution in [0.4, 0.5) is 0 Å². The molecule has 0 bridgehead atoms. The maximum Gasteiger partial charge on any atom is 0.336 e. The number of fused-ring (bicyclic) bond motifs is 1. The topological polar surface area (TPSA) is 86.0 Å². The molecule has 25 heavy (non-hydrogen) atoms. The second-order valence-corrected chi connectivity index (χ2v) is 7.81. The Morgan fingerprint density at radius 2 is 2.12 bits per heavy atom. The minimum atomic E-state index is -1.55. The molecule has 0 aromatic carbocycles. The first-order chi connectivity index (χ1) is 12.0. The Morgan fingerprint density at radius 3 is 2.88 bits per heavy atom. The van der Waals surface area contributed by atoms with Gasteiger partial charge in [-0.2, -0.15) is 0 Å². The zero-order valence-corrected chi connectivity index (χ0v) is 14.0. The number of hydrogen-bond acceptors (Lipinski definition) is 6. The first-order valence-electron chi connectivity index (χ1n) is 8.88. The molecule has 1 saturated heterocycles. The van der Waals surface area contributed by atoms with Crippen LogP contribution in [0, 0.1) is 17.3 Å². The highest BCUT2D eigenvalue weighted by molar-refractivity contribution is 5.94. The van der Waals surface area contributed by atoms with Gasteiger partial charge >= 0.3 is 11.9 Å². The summed E-state index contributed by atoms with van der Waals surface area (Å²) in [6.45, 7) is 1.95. The summed E-state index contributed by atoms with van der Waals surface area (Å²) >= 11 is 0. The molecule has 1 aromatic heterocycles. The van der Waals surface area contributed by atoms with Crippen LogP contribution in [0.25, 0.3) is 0 Å². The fourth-order valence-corrected chi connectivity index (χ4v) is 5.57. The van der Waals surface area contributed by atoms with Gasteiger partial charge < -0.3 is 19.0 Å². The monoisotopic (exact) mass is 344 g/mol. The van der Waals surface area contributed by atoms with Crippen molar-refractivity contribution in [3.05, 3.63) is 35.3 Å². The molecule has 1 spiro atoms. The van der Waals surface area contributed by atoms with Gasteiger partial charge in [-0.1, -0.05) is 6.92 Å². The molecule has 6 heteroatoms. The second kappa shape index (κ2) is 4.75. The fraction of sp³-hybridized carbons (Fsp3) is 0.579. The van der Waals surface area contributed by atoms with Gasteiger partial charge in [0.15, 0.2) is 0 Å². The van der Waals surface area contributed by atoms with Crippen molar-refractivity contribution in [3.8, 4) is 0 Å². The van der Waals surface area contributed by atoms with Gasteiger partial charge in [-0.15, -0.1) is 0 Å².